The zero-order chi connectivity index (χ0) is 14.5. The first kappa shape index (κ1) is 15.6. The average Bonchev–Trinajstić information content (AvgIpc) is 2.41. The van der Waals surface area contributed by atoms with Gasteiger partial charge in [0.2, 0.25) is 0 Å². The van der Waals surface area contributed by atoms with Crippen LogP contribution >= 0.6 is 0 Å². The van der Waals surface area contributed by atoms with Gasteiger partial charge in [0.05, 0.1) is 0 Å². The lowest BCUT2D eigenvalue weighted by Gasteiger charge is -2.35. The van der Waals surface area contributed by atoms with E-state index in [1.165, 1.54) is 48.8 Å². The van der Waals surface area contributed by atoms with E-state index in [4.69, 9.17) is 0 Å². The lowest BCUT2D eigenvalue weighted by atomic mass is 9.76. The van der Waals surface area contributed by atoms with Gasteiger partial charge in [-0.15, -0.1) is 0 Å². The van der Waals surface area contributed by atoms with Gasteiger partial charge in [-0.3, -0.25) is 0 Å². The molecule has 1 heteroatoms. The maximum atomic E-state index is 3.84. The third kappa shape index (κ3) is 3.85. The highest BCUT2D eigenvalue weighted by Gasteiger charge is 2.28. The van der Waals surface area contributed by atoms with Gasteiger partial charge >= 0.3 is 0 Å². The van der Waals surface area contributed by atoms with E-state index in [-0.39, 0.29) is 0 Å². The van der Waals surface area contributed by atoms with Crippen LogP contribution in [-0.2, 0) is 0 Å². The molecule has 1 aliphatic carbocycles. The van der Waals surface area contributed by atoms with Gasteiger partial charge in [-0.1, -0.05) is 50.5 Å². The van der Waals surface area contributed by atoms with Gasteiger partial charge in [0.15, 0.2) is 0 Å². The molecule has 0 amide bonds. The molecule has 112 valence electrons. The van der Waals surface area contributed by atoms with Crippen LogP contribution in [0.15, 0.2) is 18.2 Å². The Hall–Kier alpha value is -0.820. The number of rotatable bonds is 5. The van der Waals surface area contributed by atoms with Crippen LogP contribution in [0.5, 0.6) is 0 Å². The largest absolute Gasteiger partial charge is 0.310 e. The van der Waals surface area contributed by atoms with Gasteiger partial charge in [-0.2, -0.15) is 0 Å². The number of nitrogens with one attached hydrogen (secondary N) is 1. The SMILES string of the molecule is CCCNC(c1ccc(C)cc1C)C1CCCC(C)C1. The van der Waals surface area contributed by atoms with E-state index in [1.54, 1.807) is 0 Å². The summed E-state index contributed by atoms with van der Waals surface area (Å²) in [6, 6.07) is 7.52. The molecule has 1 N–H and O–H groups in total. The van der Waals surface area contributed by atoms with Crippen LogP contribution in [0.25, 0.3) is 0 Å². The summed E-state index contributed by atoms with van der Waals surface area (Å²) in [7, 11) is 0. The summed E-state index contributed by atoms with van der Waals surface area (Å²) in [6.45, 7) is 10.3. The first-order chi connectivity index (χ1) is 9.61. The van der Waals surface area contributed by atoms with Gasteiger partial charge in [0, 0.05) is 6.04 Å². The third-order valence-corrected chi connectivity index (χ3v) is 4.82. The summed E-state index contributed by atoms with van der Waals surface area (Å²) in [4.78, 5) is 0. The first-order valence-electron chi connectivity index (χ1n) is 8.42. The lowest BCUT2D eigenvalue weighted by Crippen LogP contribution is -2.32. The Balaban J connectivity index is 2.21. The van der Waals surface area contributed by atoms with Crippen molar-refractivity contribution in [2.45, 2.75) is 65.8 Å². The molecule has 0 aromatic heterocycles. The molecule has 1 fully saturated rings. The molecule has 20 heavy (non-hydrogen) atoms. The monoisotopic (exact) mass is 273 g/mol. The maximum absolute atomic E-state index is 3.84. The number of aryl methyl sites for hydroxylation is 2. The van der Waals surface area contributed by atoms with Crippen LogP contribution in [0.2, 0.25) is 0 Å². The minimum absolute atomic E-state index is 0.554. The molecule has 1 nitrogen and oxygen atoms in total. The number of hydrogen-bond acceptors (Lipinski definition) is 1. The Morgan fingerprint density at radius 3 is 2.70 bits per heavy atom. The van der Waals surface area contributed by atoms with Crippen molar-refractivity contribution in [1.82, 2.24) is 5.32 Å². The molecule has 3 atom stereocenters. The van der Waals surface area contributed by atoms with Crippen LogP contribution in [0.1, 0.15) is 68.7 Å². The van der Waals surface area contributed by atoms with Crippen LogP contribution in [0.4, 0.5) is 0 Å². The maximum Gasteiger partial charge on any atom is 0.0351 e. The highest BCUT2D eigenvalue weighted by molar-refractivity contribution is 5.33. The van der Waals surface area contributed by atoms with Crippen molar-refractivity contribution in [2.24, 2.45) is 11.8 Å². The standard InChI is InChI=1S/C19H31N/c1-5-11-20-19(17-8-6-7-14(2)13-17)18-10-9-15(3)12-16(18)4/h9-10,12,14,17,19-20H,5-8,11,13H2,1-4H3. The molecular weight excluding hydrogens is 242 g/mol. The fraction of sp³-hybridized carbons (Fsp3) is 0.684. The minimum Gasteiger partial charge on any atom is -0.310 e. The van der Waals surface area contributed by atoms with E-state index in [0.29, 0.717) is 6.04 Å². The zero-order valence-electron chi connectivity index (χ0n) is 13.7. The molecule has 3 unspecified atom stereocenters. The Bertz CT molecular complexity index is 424. The van der Waals surface area contributed by atoms with Crippen LogP contribution in [0.3, 0.4) is 0 Å². The first-order valence-corrected chi connectivity index (χ1v) is 8.42. The molecule has 0 heterocycles. The molecular formula is C19H31N. The van der Waals surface area contributed by atoms with Crippen molar-refractivity contribution in [2.75, 3.05) is 6.54 Å². The van der Waals surface area contributed by atoms with E-state index in [9.17, 15) is 0 Å². The summed E-state index contributed by atoms with van der Waals surface area (Å²) in [5.41, 5.74) is 4.36. The van der Waals surface area contributed by atoms with Crippen molar-refractivity contribution in [3.8, 4) is 0 Å². The van der Waals surface area contributed by atoms with Crippen LogP contribution in [0, 0.1) is 25.7 Å². The smallest absolute Gasteiger partial charge is 0.0351 e. The van der Waals surface area contributed by atoms with Crippen LogP contribution < -0.4 is 5.32 Å². The summed E-state index contributed by atoms with van der Waals surface area (Å²) in [6.07, 6.45) is 6.81. The Labute approximate surface area is 125 Å². The van der Waals surface area contributed by atoms with Gasteiger partial charge < -0.3 is 5.32 Å². The van der Waals surface area contributed by atoms with Gasteiger partial charge in [0.25, 0.3) is 0 Å². The van der Waals surface area contributed by atoms with Crippen LogP contribution in [-0.4, -0.2) is 6.54 Å². The number of benzene rings is 1. The predicted molar refractivity (Wildman–Crippen MR) is 88.1 cm³/mol. The lowest BCUT2D eigenvalue weighted by molar-refractivity contribution is 0.223. The van der Waals surface area contributed by atoms with Gasteiger partial charge in [-0.05, 0) is 62.6 Å². The molecule has 0 saturated heterocycles. The molecule has 1 aromatic carbocycles. The summed E-state index contributed by atoms with van der Waals surface area (Å²) >= 11 is 0. The second kappa shape index (κ2) is 7.26. The molecule has 2 rings (SSSR count). The fourth-order valence-electron chi connectivity index (χ4n) is 3.79. The highest BCUT2D eigenvalue weighted by atomic mass is 14.9. The van der Waals surface area contributed by atoms with Gasteiger partial charge in [0.1, 0.15) is 0 Å². The highest BCUT2D eigenvalue weighted by Crippen LogP contribution is 2.38. The van der Waals surface area contributed by atoms with E-state index >= 15 is 0 Å². The Kier molecular flexibility index (Phi) is 5.65. The minimum atomic E-state index is 0.554. The van der Waals surface area contributed by atoms with E-state index < -0.39 is 0 Å². The van der Waals surface area contributed by atoms with Gasteiger partial charge in [-0.25, -0.2) is 0 Å². The van der Waals surface area contributed by atoms with Crippen molar-refractivity contribution in [1.29, 1.82) is 0 Å². The van der Waals surface area contributed by atoms with E-state index in [0.717, 1.165) is 18.4 Å². The number of hydrogen-bond donors (Lipinski definition) is 1. The van der Waals surface area contributed by atoms with E-state index in [1.807, 2.05) is 0 Å². The third-order valence-electron chi connectivity index (χ3n) is 4.82. The van der Waals surface area contributed by atoms with Crippen molar-refractivity contribution >= 4 is 0 Å². The summed E-state index contributed by atoms with van der Waals surface area (Å²) in [5.74, 6) is 1.71. The molecule has 1 saturated carbocycles. The van der Waals surface area contributed by atoms with E-state index in [2.05, 4.69) is 51.2 Å². The zero-order valence-corrected chi connectivity index (χ0v) is 13.7. The van der Waals surface area contributed by atoms with Crippen molar-refractivity contribution < 1.29 is 0 Å². The fourth-order valence-corrected chi connectivity index (χ4v) is 3.79. The van der Waals surface area contributed by atoms with Crippen molar-refractivity contribution in [3.63, 3.8) is 0 Å². The molecule has 1 aliphatic rings. The summed E-state index contributed by atoms with van der Waals surface area (Å²) < 4.78 is 0. The average molecular weight is 273 g/mol. The predicted octanol–water partition coefficient (Wildman–Crippen LogP) is 5.17. The second-order valence-corrected chi connectivity index (χ2v) is 6.82. The molecule has 0 bridgehead atoms. The molecule has 0 radical (unpaired) electrons. The second-order valence-electron chi connectivity index (χ2n) is 6.82. The Morgan fingerprint density at radius 1 is 1.25 bits per heavy atom. The van der Waals surface area contributed by atoms with Crippen molar-refractivity contribution in [3.05, 3.63) is 34.9 Å². The molecule has 0 spiro atoms. The summed E-state index contributed by atoms with van der Waals surface area (Å²) in [5, 5.41) is 3.84. The topological polar surface area (TPSA) is 12.0 Å². The normalized spacial score (nSPS) is 24.6. The quantitative estimate of drug-likeness (QED) is 0.780. The Morgan fingerprint density at radius 2 is 2.05 bits per heavy atom. The molecule has 1 aromatic rings. The molecule has 0 aliphatic heterocycles.